The molecule has 0 spiro atoms. The highest BCUT2D eigenvalue weighted by Gasteiger charge is 2.47. The second kappa shape index (κ2) is 5.17. The quantitative estimate of drug-likeness (QED) is 0.873. The van der Waals surface area contributed by atoms with Crippen molar-refractivity contribution in [3.8, 4) is 0 Å². The number of aromatic nitrogens is 2. The number of likely N-dealkylation sites (N-methyl/N-ethyl adjacent to an activating group) is 1. The third-order valence-electron chi connectivity index (χ3n) is 3.46. The molecule has 2 rings (SSSR count). The van der Waals surface area contributed by atoms with Gasteiger partial charge in [-0.25, -0.2) is 0 Å². The molecule has 0 saturated heterocycles. The molecule has 0 atom stereocenters. The average Bonchev–Trinajstić information content (AvgIpc) is 2.64. The summed E-state index contributed by atoms with van der Waals surface area (Å²) in [5.74, 6) is 0. The van der Waals surface area contributed by atoms with Crippen LogP contribution in [0.15, 0.2) is 6.20 Å². The fourth-order valence-electron chi connectivity index (χ4n) is 2.34. The van der Waals surface area contributed by atoms with Crippen molar-refractivity contribution in [2.75, 3.05) is 27.7 Å². The minimum absolute atomic E-state index is 0.114. The van der Waals surface area contributed by atoms with E-state index in [1.807, 2.05) is 14.1 Å². The van der Waals surface area contributed by atoms with E-state index in [0.29, 0.717) is 17.9 Å². The summed E-state index contributed by atoms with van der Waals surface area (Å²) in [5, 5.41) is 15.3. The van der Waals surface area contributed by atoms with Crippen LogP contribution in [0.5, 0.6) is 0 Å². The molecule has 0 unspecified atom stereocenters. The van der Waals surface area contributed by atoms with Gasteiger partial charge < -0.3 is 14.7 Å². The largest absolute Gasteiger partial charge is 0.383 e. The molecule has 1 aromatic rings. The number of halogens is 1. The maximum absolute atomic E-state index is 10.6. The lowest BCUT2D eigenvalue weighted by atomic mass is 9.75. The van der Waals surface area contributed by atoms with Crippen LogP contribution < -0.4 is 0 Å². The zero-order valence-electron chi connectivity index (χ0n) is 11.1. The van der Waals surface area contributed by atoms with Gasteiger partial charge in [-0.05, 0) is 14.1 Å². The number of ether oxygens (including phenoxy) is 1. The maximum atomic E-state index is 10.6. The first-order valence-electron chi connectivity index (χ1n) is 6.08. The molecule has 1 aliphatic carbocycles. The molecule has 6 heteroatoms. The minimum Gasteiger partial charge on any atom is -0.383 e. The molecular weight excluding hydrogens is 254 g/mol. The Morgan fingerprint density at radius 1 is 1.61 bits per heavy atom. The maximum Gasteiger partial charge on any atom is 0.113 e. The smallest absolute Gasteiger partial charge is 0.113 e. The molecule has 18 heavy (non-hydrogen) atoms. The molecule has 1 heterocycles. The lowest BCUT2D eigenvalue weighted by Gasteiger charge is -2.43. The molecule has 0 radical (unpaired) electrons. The van der Waals surface area contributed by atoms with Crippen molar-refractivity contribution < 1.29 is 9.84 Å². The summed E-state index contributed by atoms with van der Waals surface area (Å²) in [7, 11) is 5.67. The van der Waals surface area contributed by atoms with Crippen molar-refractivity contribution in [1.29, 1.82) is 0 Å². The Balaban J connectivity index is 2.14. The standard InChI is InChI=1S/C12H20ClN3O2/c1-15(2)4-5-16-11(10(13)8-14-16)12(17)6-9(7-12)18-3/h8-9,17H,4-7H2,1-3H3. The highest BCUT2D eigenvalue weighted by Crippen LogP contribution is 2.45. The molecule has 1 aliphatic rings. The molecule has 1 aromatic heterocycles. The molecule has 1 N–H and O–H groups in total. The number of hydrogen-bond donors (Lipinski definition) is 1. The third-order valence-corrected chi connectivity index (χ3v) is 3.74. The molecule has 102 valence electrons. The second-order valence-corrected chi connectivity index (χ2v) is 5.57. The molecule has 1 saturated carbocycles. The first-order chi connectivity index (χ1) is 8.46. The lowest BCUT2D eigenvalue weighted by Crippen LogP contribution is -2.47. The van der Waals surface area contributed by atoms with Crippen LogP contribution in [0.3, 0.4) is 0 Å². The first kappa shape index (κ1) is 13.8. The summed E-state index contributed by atoms with van der Waals surface area (Å²) in [6.07, 6.45) is 2.88. The number of aliphatic hydroxyl groups is 1. The zero-order chi connectivity index (χ0) is 13.3. The van der Waals surface area contributed by atoms with Crippen LogP contribution in [0, 0.1) is 0 Å². The van der Waals surface area contributed by atoms with E-state index in [2.05, 4.69) is 10.00 Å². The molecule has 0 aliphatic heterocycles. The van der Waals surface area contributed by atoms with Crippen molar-refractivity contribution in [2.24, 2.45) is 0 Å². The summed E-state index contributed by atoms with van der Waals surface area (Å²) >= 11 is 6.15. The Labute approximate surface area is 112 Å². The third kappa shape index (κ3) is 2.54. The highest BCUT2D eigenvalue weighted by atomic mass is 35.5. The predicted octanol–water partition coefficient (Wildman–Crippen LogP) is 1.09. The summed E-state index contributed by atoms with van der Waals surface area (Å²) < 4.78 is 7.02. The Morgan fingerprint density at radius 2 is 2.28 bits per heavy atom. The zero-order valence-corrected chi connectivity index (χ0v) is 11.8. The van der Waals surface area contributed by atoms with Crippen molar-refractivity contribution in [3.05, 3.63) is 16.9 Å². The van der Waals surface area contributed by atoms with Gasteiger partial charge in [0, 0.05) is 26.5 Å². The fourth-order valence-corrected chi connectivity index (χ4v) is 2.66. The second-order valence-electron chi connectivity index (χ2n) is 5.17. The van der Waals surface area contributed by atoms with Crippen molar-refractivity contribution in [2.45, 2.75) is 31.1 Å². The summed E-state index contributed by atoms with van der Waals surface area (Å²) in [6, 6.07) is 0. The van der Waals surface area contributed by atoms with E-state index in [0.717, 1.165) is 18.8 Å². The van der Waals surface area contributed by atoms with Gasteiger partial charge in [-0.3, -0.25) is 4.68 Å². The molecule has 0 amide bonds. The van der Waals surface area contributed by atoms with Crippen LogP contribution in [0.2, 0.25) is 5.02 Å². The summed E-state index contributed by atoms with van der Waals surface area (Å²) in [4.78, 5) is 2.07. The Hall–Kier alpha value is -0.620. The van der Waals surface area contributed by atoms with E-state index in [1.54, 1.807) is 18.0 Å². The average molecular weight is 274 g/mol. The molecule has 0 aromatic carbocycles. The van der Waals surface area contributed by atoms with Crippen molar-refractivity contribution in [1.82, 2.24) is 14.7 Å². The van der Waals surface area contributed by atoms with Crippen LogP contribution in [0.25, 0.3) is 0 Å². The van der Waals surface area contributed by atoms with Gasteiger partial charge in [0.25, 0.3) is 0 Å². The van der Waals surface area contributed by atoms with Crippen LogP contribution in [0.4, 0.5) is 0 Å². The molecule has 0 bridgehead atoms. The number of hydrogen-bond acceptors (Lipinski definition) is 4. The van der Waals surface area contributed by atoms with E-state index < -0.39 is 5.60 Å². The van der Waals surface area contributed by atoms with E-state index >= 15 is 0 Å². The normalized spacial score (nSPS) is 27.6. The summed E-state index contributed by atoms with van der Waals surface area (Å²) in [6.45, 7) is 1.57. The van der Waals surface area contributed by atoms with Gasteiger partial charge in [0.05, 0.1) is 29.6 Å². The summed E-state index contributed by atoms with van der Waals surface area (Å²) in [5.41, 5.74) is -0.167. The van der Waals surface area contributed by atoms with Crippen LogP contribution >= 0.6 is 11.6 Å². The van der Waals surface area contributed by atoms with Gasteiger partial charge >= 0.3 is 0 Å². The van der Waals surface area contributed by atoms with Gasteiger partial charge in [-0.15, -0.1) is 0 Å². The Bertz CT molecular complexity index is 413. The van der Waals surface area contributed by atoms with Gasteiger partial charge in [-0.1, -0.05) is 11.6 Å². The number of methoxy groups -OCH3 is 1. The topological polar surface area (TPSA) is 50.5 Å². The van der Waals surface area contributed by atoms with Crippen LogP contribution in [0.1, 0.15) is 18.5 Å². The molecular formula is C12H20ClN3O2. The highest BCUT2D eigenvalue weighted by molar-refractivity contribution is 6.31. The van der Waals surface area contributed by atoms with E-state index in [4.69, 9.17) is 16.3 Å². The Morgan fingerprint density at radius 3 is 2.83 bits per heavy atom. The van der Waals surface area contributed by atoms with Gasteiger partial charge in [0.1, 0.15) is 5.60 Å². The molecule has 5 nitrogen and oxygen atoms in total. The number of nitrogens with zero attached hydrogens (tertiary/aromatic N) is 3. The minimum atomic E-state index is -0.888. The van der Waals surface area contributed by atoms with Crippen molar-refractivity contribution in [3.63, 3.8) is 0 Å². The first-order valence-corrected chi connectivity index (χ1v) is 6.46. The predicted molar refractivity (Wildman–Crippen MR) is 69.7 cm³/mol. The van der Waals surface area contributed by atoms with E-state index in [9.17, 15) is 5.11 Å². The Kier molecular flexibility index (Phi) is 3.96. The van der Waals surface area contributed by atoms with E-state index in [-0.39, 0.29) is 6.10 Å². The SMILES string of the molecule is COC1CC(O)(c2c(Cl)cnn2CCN(C)C)C1. The van der Waals surface area contributed by atoms with Crippen LogP contribution in [-0.2, 0) is 16.9 Å². The van der Waals surface area contributed by atoms with Crippen molar-refractivity contribution >= 4 is 11.6 Å². The van der Waals surface area contributed by atoms with Crippen LogP contribution in [-0.4, -0.2) is 53.6 Å². The lowest BCUT2D eigenvalue weighted by molar-refractivity contribution is -0.137. The van der Waals surface area contributed by atoms with Gasteiger partial charge in [0.15, 0.2) is 0 Å². The van der Waals surface area contributed by atoms with E-state index in [1.165, 1.54) is 0 Å². The number of rotatable bonds is 5. The molecule has 1 fully saturated rings. The monoisotopic (exact) mass is 273 g/mol. The van der Waals surface area contributed by atoms with Gasteiger partial charge in [0.2, 0.25) is 0 Å². The van der Waals surface area contributed by atoms with Gasteiger partial charge in [-0.2, -0.15) is 5.10 Å². The fraction of sp³-hybridized carbons (Fsp3) is 0.750.